The lowest BCUT2D eigenvalue weighted by Crippen LogP contribution is -2.40. The minimum Gasteiger partial charge on any atom is -0.378 e. The highest BCUT2D eigenvalue weighted by Crippen LogP contribution is 2.35. The average Bonchev–Trinajstić information content (AvgIpc) is 2.92. The third kappa shape index (κ3) is 6.77. The van der Waals surface area contributed by atoms with Gasteiger partial charge in [0.15, 0.2) is 0 Å². The zero-order valence-electron chi connectivity index (χ0n) is 22.0. The summed E-state index contributed by atoms with van der Waals surface area (Å²) in [4.78, 5) is 26.6. The minimum absolute atomic E-state index is 0.0656. The van der Waals surface area contributed by atoms with Crippen LogP contribution in [0.3, 0.4) is 0 Å². The third-order valence-corrected chi connectivity index (χ3v) is 7.40. The van der Waals surface area contributed by atoms with Gasteiger partial charge in [0.25, 0.3) is 5.91 Å². The Morgan fingerprint density at radius 2 is 1.90 bits per heavy atom. The number of hydrogen-bond donors (Lipinski definition) is 2. The Hall–Kier alpha value is -3.98. The van der Waals surface area contributed by atoms with Gasteiger partial charge in [-0.2, -0.15) is 18.2 Å². The van der Waals surface area contributed by atoms with Crippen LogP contribution in [-0.2, 0) is 27.5 Å². The van der Waals surface area contributed by atoms with E-state index in [1.54, 1.807) is 42.2 Å². The van der Waals surface area contributed by atoms with Gasteiger partial charge in [0.1, 0.15) is 17.2 Å². The van der Waals surface area contributed by atoms with Crippen LogP contribution in [0.1, 0.15) is 27.0 Å². The van der Waals surface area contributed by atoms with Gasteiger partial charge in [0.2, 0.25) is 16.0 Å². The molecule has 0 unspecified atom stereocenters. The standard InChI is InChI=1S/C25H28F3N7O4S/c1-16-6-7-17(23(36)35-9-11-39-12-10-35)13-20(16)32-24-31-15-19(25(26,27)28)21(33-24)30-14-18-5-4-8-29-22(18)34(2)40(3,37)38/h4-8,13,15H,9-12,14H2,1-3H3,(H2,30,31,32,33). The highest BCUT2D eigenvalue weighted by Gasteiger charge is 2.35. The van der Waals surface area contributed by atoms with Crippen molar-refractivity contribution in [3.05, 3.63) is 65.0 Å². The Kier molecular flexibility index (Phi) is 8.44. The van der Waals surface area contributed by atoms with Crippen LogP contribution < -0.4 is 14.9 Å². The molecular weight excluding hydrogens is 551 g/mol. The number of nitrogens with zero attached hydrogens (tertiary/aromatic N) is 5. The summed E-state index contributed by atoms with van der Waals surface area (Å²) in [6, 6.07) is 8.09. The molecule has 3 heterocycles. The van der Waals surface area contributed by atoms with Crippen molar-refractivity contribution in [2.75, 3.05) is 54.5 Å². The number of carbonyl (C=O) groups is 1. The summed E-state index contributed by atoms with van der Waals surface area (Å²) in [5.74, 6) is -0.765. The lowest BCUT2D eigenvalue weighted by Gasteiger charge is -2.27. The summed E-state index contributed by atoms with van der Waals surface area (Å²) < 4.78 is 71.6. The number of aromatic nitrogens is 3. The number of rotatable bonds is 8. The van der Waals surface area contributed by atoms with Crippen molar-refractivity contribution in [2.45, 2.75) is 19.6 Å². The molecule has 0 spiro atoms. The van der Waals surface area contributed by atoms with Crippen molar-refractivity contribution in [3.8, 4) is 0 Å². The van der Waals surface area contributed by atoms with Crippen LogP contribution in [-0.4, -0.2) is 73.8 Å². The van der Waals surface area contributed by atoms with E-state index < -0.39 is 27.6 Å². The van der Waals surface area contributed by atoms with E-state index >= 15 is 0 Å². The molecule has 4 rings (SSSR count). The first kappa shape index (κ1) is 29.0. The van der Waals surface area contributed by atoms with Crippen LogP contribution in [0, 0.1) is 6.92 Å². The van der Waals surface area contributed by atoms with Gasteiger partial charge >= 0.3 is 6.18 Å². The number of carbonyl (C=O) groups excluding carboxylic acids is 1. The molecule has 15 heteroatoms. The number of alkyl halides is 3. The molecule has 1 aliphatic rings. The maximum atomic E-state index is 13.8. The second-order valence-corrected chi connectivity index (χ2v) is 11.1. The third-order valence-electron chi connectivity index (χ3n) is 6.23. The van der Waals surface area contributed by atoms with Crippen LogP contribution in [0.4, 0.5) is 36.4 Å². The van der Waals surface area contributed by atoms with E-state index in [2.05, 4.69) is 25.6 Å². The second-order valence-electron chi connectivity index (χ2n) is 9.08. The molecular formula is C25H28F3N7O4S. The normalized spacial score (nSPS) is 14.1. The topological polar surface area (TPSA) is 130 Å². The fraction of sp³-hybridized carbons (Fsp3) is 0.360. The molecule has 2 N–H and O–H groups in total. The number of sulfonamides is 1. The van der Waals surface area contributed by atoms with Gasteiger partial charge in [-0.15, -0.1) is 0 Å². The number of amides is 1. The molecule has 0 atom stereocenters. The molecule has 40 heavy (non-hydrogen) atoms. The van der Waals surface area contributed by atoms with Crippen molar-refractivity contribution < 1.29 is 31.1 Å². The maximum absolute atomic E-state index is 13.8. The van der Waals surface area contributed by atoms with Crippen LogP contribution in [0.2, 0.25) is 0 Å². The van der Waals surface area contributed by atoms with E-state index in [0.29, 0.717) is 49.3 Å². The number of halogens is 3. The molecule has 0 bridgehead atoms. The van der Waals surface area contributed by atoms with Gasteiger partial charge < -0.3 is 20.3 Å². The second kappa shape index (κ2) is 11.6. The number of anilines is 4. The summed E-state index contributed by atoms with van der Waals surface area (Å²) in [5.41, 5.74) is 0.809. The summed E-state index contributed by atoms with van der Waals surface area (Å²) in [6.07, 6.45) is -1.73. The molecule has 1 saturated heterocycles. The van der Waals surface area contributed by atoms with E-state index in [9.17, 15) is 26.4 Å². The molecule has 1 amide bonds. The maximum Gasteiger partial charge on any atom is 0.421 e. The summed E-state index contributed by atoms with van der Waals surface area (Å²) in [6.45, 7) is 3.39. The molecule has 3 aromatic rings. The van der Waals surface area contributed by atoms with E-state index in [1.165, 1.54) is 13.2 Å². The summed E-state index contributed by atoms with van der Waals surface area (Å²) in [5, 5.41) is 5.56. The van der Waals surface area contributed by atoms with Gasteiger partial charge in [0, 0.05) is 55.9 Å². The highest BCUT2D eigenvalue weighted by atomic mass is 32.2. The summed E-state index contributed by atoms with van der Waals surface area (Å²) >= 11 is 0. The first-order valence-electron chi connectivity index (χ1n) is 12.1. The van der Waals surface area contributed by atoms with Crippen molar-refractivity contribution in [2.24, 2.45) is 0 Å². The molecule has 1 aromatic carbocycles. The number of nitrogens with one attached hydrogen (secondary N) is 2. The Bertz CT molecular complexity index is 1500. The van der Waals surface area contributed by atoms with E-state index in [0.717, 1.165) is 16.1 Å². The number of ether oxygens (including phenoxy) is 1. The van der Waals surface area contributed by atoms with Gasteiger partial charge in [-0.05, 0) is 30.7 Å². The first-order valence-corrected chi connectivity index (χ1v) is 14.0. The Labute approximate surface area is 229 Å². The predicted molar refractivity (Wildman–Crippen MR) is 143 cm³/mol. The van der Waals surface area contributed by atoms with E-state index in [4.69, 9.17) is 4.74 Å². The fourth-order valence-electron chi connectivity index (χ4n) is 3.93. The zero-order valence-corrected chi connectivity index (χ0v) is 22.8. The number of aryl methyl sites for hydroxylation is 1. The van der Waals surface area contributed by atoms with Crippen LogP contribution in [0.25, 0.3) is 0 Å². The lowest BCUT2D eigenvalue weighted by atomic mass is 10.1. The molecule has 1 aliphatic heterocycles. The van der Waals surface area contributed by atoms with E-state index in [-0.39, 0.29) is 24.2 Å². The molecule has 1 fully saturated rings. The smallest absolute Gasteiger partial charge is 0.378 e. The fourth-order valence-corrected chi connectivity index (χ4v) is 4.41. The van der Waals surface area contributed by atoms with Gasteiger partial charge in [-0.3, -0.25) is 9.10 Å². The van der Waals surface area contributed by atoms with Crippen LogP contribution >= 0.6 is 0 Å². The zero-order chi connectivity index (χ0) is 29.1. The van der Waals surface area contributed by atoms with Crippen molar-refractivity contribution in [1.82, 2.24) is 19.9 Å². The average molecular weight is 580 g/mol. The van der Waals surface area contributed by atoms with Gasteiger partial charge in [0.05, 0.1) is 19.5 Å². The van der Waals surface area contributed by atoms with Gasteiger partial charge in [-0.1, -0.05) is 12.1 Å². The van der Waals surface area contributed by atoms with Crippen molar-refractivity contribution >= 4 is 39.2 Å². The Balaban J connectivity index is 1.61. The molecule has 0 radical (unpaired) electrons. The number of hydrogen-bond acceptors (Lipinski definition) is 9. The molecule has 214 valence electrons. The van der Waals surface area contributed by atoms with Crippen molar-refractivity contribution in [1.29, 1.82) is 0 Å². The molecule has 0 saturated carbocycles. The van der Waals surface area contributed by atoms with Gasteiger partial charge in [-0.25, -0.2) is 18.4 Å². The Morgan fingerprint density at radius 1 is 1.18 bits per heavy atom. The predicted octanol–water partition coefficient (Wildman–Crippen LogP) is 3.42. The molecule has 0 aliphatic carbocycles. The minimum atomic E-state index is -4.76. The Morgan fingerprint density at radius 3 is 2.58 bits per heavy atom. The van der Waals surface area contributed by atoms with E-state index in [1.807, 2.05) is 0 Å². The number of benzene rings is 1. The summed E-state index contributed by atoms with van der Waals surface area (Å²) in [7, 11) is -2.36. The monoisotopic (exact) mass is 579 g/mol. The largest absolute Gasteiger partial charge is 0.421 e. The first-order chi connectivity index (χ1) is 18.8. The molecule has 11 nitrogen and oxygen atoms in total. The highest BCUT2D eigenvalue weighted by molar-refractivity contribution is 7.92. The van der Waals surface area contributed by atoms with Crippen molar-refractivity contribution in [3.63, 3.8) is 0 Å². The molecule has 2 aromatic heterocycles. The lowest BCUT2D eigenvalue weighted by molar-refractivity contribution is -0.137. The quantitative estimate of drug-likeness (QED) is 0.412. The van der Waals surface area contributed by atoms with Crippen LogP contribution in [0.15, 0.2) is 42.7 Å². The van der Waals surface area contributed by atoms with Crippen LogP contribution in [0.5, 0.6) is 0 Å². The SMILES string of the molecule is Cc1ccc(C(=O)N2CCOCC2)cc1Nc1ncc(C(F)(F)F)c(NCc2cccnc2N(C)S(C)(=O)=O)n1. The number of morpholine rings is 1. The number of pyridine rings is 1.